The Hall–Kier alpha value is -0.970. The highest BCUT2D eigenvalue weighted by molar-refractivity contribution is 5.11. The Bertz CT molecular complexity index is 422. The first-order chi connectivity index (χ1) is 9.83. The second-order valence-electron chi connectivity index (χ2n) is 5.99. The van der Waals surface area contributed by atoms with Gasteiger partial charge in [-0.05, 0) is 31.5 Å². The van der Waals surface area contributed by atoms with Crippen LogP contribution in [0, 0.1) is 0 Å². The number of piperazine rings is 1. The lowest BCUT2D eigenvalue weighted by molar-refractivity contribution is 0.131. The molecule has 3 rings (SSSR count). The maximum Gasteiger partial charge on any atom is 0.0547 e. The topological polar surface area (TPSA) is 31.4 Å². The van der Waals surface area contributed by atoms with Gasteiger partial charge in [0.2, 0.25) is 0 Å². The van der Waals surface area contributed by atoms with Gasteiger partial charge < -0.3 is 10.2 Å². The van der Waals surface area contributed by atoms with E-state index in [2.05, 4.69) is 40.2 Å². The predicted octanol–water partition coefficient (Wildman–Crippen LogP) is 1.47. The third kappa shape index (κ3) is 4.01. The first-order valence-electron chi connectivity index (χ1n) is 7.96. The van der Waals surface area contributed by atoms with Gasteiger partial charge in [-0.25, -0.2) is 0 Å². The van der Waals surface area contributed by atoms with Crippen LogP contribution in [0.25, 0.3) is 0 Å². The molecule has 2 heterocycles. The molecule has 20 heavy (non-hydrogen) atoms. The van der Waals surface area contributed by atoms with Crippen molar-refractivity contribution in [1.82, 2.24) is 20.1 Å². The second-order valence-corrected chi connectivity index (χ2v) is 5.99. The van der Waals surface area contributed by atoms with Crippen molar-refractivity contribution in [2.75, 3.05) is 32.7 Å². The second kappa shape index (κ2) is 6.66. The molecule has 0 aromatic carbocycles. The maximum absolute atomic E-state index is 4.79. The Labute approximate surface area is 122 Å². The highest BCUT2D eigenvalue weighted by Crippen LogP contribution is 2.19. The van der Waals surface area contributed by atoms with Crippen molar-refractivity contribution in [3.05, 3.63) is 29.6 Å². The van der Waals surface area contributed by atoms with E-state index in [9.17, 15) is 0 Å². The fourth-order valence-electron chi connectivity index (χ4n) is 2.74. The molecule has 0 bridgehead atoms. The summed E-state index contributed by atoms with van der Waals surface area (Å²) >= 11 is 0. The molecule has 0 amide bonds. The quantitative estimate of drug-likeness (QED) is 0.851. The minimum absolute atomic E-state index is 0.752. The molecule has 1 aliphatic carbocycles. The van der Waals surface area contributed by atoms with Gasteiger partial charge in [-0.15, -0.1) is 0 Å². The highest BCUT2D eigenvalue weighted by atomic mass is 15.3. The van der Waals surface area contributed by atoms with Gasteiger partial charge in [0.1, 0.15) is 0 Å². The number of pyridine rings is 1. The number of hydrogen-bond donors (Lipinski definition) is 1. The fraction of sp³-hybridized carbons (Fsp3) is 0.688. The minimum atomic E-state index is 0.752. The summed E-state index contributed by atoms with van der Waals surface area (Å²) in [5, 5.41) is 3.53. The normalized spacial score (nSPS) is 21.2. The molecule has 2 fully saturated rings. The molecule has 0 radical (unpaired) electrons. The van der Waals surface area contributed by atoms with Crippen LogP contribution >= 0.6 is 0 Å². The third-order valence-electron chi connectivity index (χ3n) is 4.31. The van der Waals surface area contributed by atoms with Crippen molar-refractivity contribution in [2.45, 2.75) is 38.9 Å². The molecule has 2 aliphatic rings. The van der Waals surface area contributed by atoms with Gasteiger partial charge >= 0.3 is 0 Å². The van der Waals surface area contributed by atoms with Gasteiger partial charge in [-0.1, -0.05) is 13.0 Å². The van der Waals surface area contributed by atoms with Crippen LogP contribution in [-0.2, 0) is 13.1 Å². The van der Waals surface area contributed by atoms with Crippen molar-refractivity contribution in [3.8, 4) is 0 Å². The molecule has 0 spiro atoms. The smallest absolute Gasteiger partial charge is 0.0547 e. The van der Waals surface area contributed by atoms with Gasteiger partial charge in [0, 0.05) is 45.3 Å². The van der Waals surface area contributed by atoms with E-state index in [-0.39, 0.29) is 0 Å². The van der Waals surface area contributed by atoms with Crippen LogP contribution in [0.2, 0.25) is 0 Å². The van der Waals surface area contributed by atoms with E-state index in [1.165, 1.54) is 57.0 Å². The number of hydrogen-bond acceptors (Lipinski definition) is 4. The summed E-state index contributed by atoms with van der Waals surface area (Å²) < 4.78 is 0. The zero-order chi connectivity index (χ0) is 13.8. The Morgan fingerprint density at radius 1 is 1.10 bits per heavy atom. The summed E-state index contributed by atoms with van der Waals surface area (Å²) in [6.45, 7) is 10.1. The van der Waals surface area contributed by atoms with Crippen LogP contribution in [0.1, 0.15) is 31.2 Å². The van der Waals surface area contributed by atoms with Gasteiger partial charge in [0.05, 0.1) is 11.4 Å². The number of aromatic nitrogens is 1. The highest BCUT2D eigenvalue weighted by Gasteiger charge is 2.20. The van der Waals surface area contributed by atoms with Gasteiger partial charge in [-0.3, -0.25) is 9.88 Å². The van der Waals surface area contributed by atoms with E-state index >= 15 is 0 Å². The molecule has 0 unspecified atom stereocenters. The average molecular weight is 274 g/mol. The van der Waals surface area contributed by atoms with Gasteiger partial charge in [0.15, 0.2) is 0 Å². The first kappa shape index (κ1) is 14.0. The van der Waals surface area contributed by atoms with Crippen molar-refractivity contribution >= 4 is 0 Å². The molecule has 110 valence electrons. The first-order valence-corrected chi connectivity index (χ1v) is 7.96. The van der Waals surface area contributed by atoms with Crippen molar-refractivity contribution in [2.24, 2.45) is 0 Å². The number of nitrogens with one attached hydrogen (secondary N) is 1. The molecule has 0 atom stereocenters. The van der Waals surface area contributed by atoms with E-state index in [0.717, 1.165) is 19.1 Å². The molecule has 4 nitrogen and oxygen atoms in total. The lowest BCUT2D eigenvalue weighted by Gasteiger charge is -2.33. The third-order valence-corrected chi connectivity index (χ3v) is 4.31. The minimum Gasteiger partial charge on any atom is -0.308 e. The number of nitrogens with zero attached hydrogens (tertiary/aromatic N) is 3. The standard InChI is InChI=1S/C16H26N4/c1-2-19-8-10-20(11-9-19)13-16-5-3-4-15(18-16)12-17-14-6-7-14/h3-5,14,17H,2,6-13H2,1H3. The molecular formula is C16H26N4. The van der Waals surface area contributed by atoms with Crippen molar-refractivity contribution < 1.29 is 0 Å². The molecule has 1 saturated heterocycles. The van der Waals surface area contributed by atoms with E-state index in [4.69, 9.17) is 4.98 Å². The van der Waals surface area contributed by atoms with Crippen LogP contribution in [0.3, 0.4) is 0 Å². The van der Waals surface area contributed by atoms with Crippen LogP contribution in [0.5, 0.6) is 0 Å². The zero-order valence-corrected chi connectivity index (χ0v) is 12.5. The summed E-state index contributed by atoms with van der Waals surface area (Å²) in [6, 6.07) is 7.19. The molecule has 1 saturated carbocycles. The largest absolute Gasteiger partial charge is 0.308 e. The zero-order valence-electron chi connectivity index (χ0n) is 12.5. The summed E-state index contributed by atoms with van der Waals surface area (Å²) in [5.41, 5.74) is 2.40. The SMILES string of the molecule is CCN1CCN(Cc2cccc(CNC3CC3)n2)CC1. The van der Waals surface area contributed by atoms with Gasteiger partial charge in [0.25, 0.3) is 0 Å². The van der Waals surface area contributed by atoms with Crippen LogP contribution in [0.4, 0.5) is 0 Å². The molecule has 1 N–H and O–H groups in total. The molecular weight excluding hydrogens is 248 g/mol. The predicted molar refractivity (Wildman–Crippen MR) is 81.5 cm³/mol. The fourth-order valence-corrected chi connectivity index (χ4v) is 2.74. The maximum atomic E-state index is 4.79. The van der Waals surface area contributed by atoms with Crippen molar-refractivity contribution in [3.63, 3.8) is 0 Å². The molecule has 1 aromatic rings. The van der Waals surface area contributed by atoms with Crippen LogP contribution < -0.4 is 5.32 Å². The summed E-state index contributed by atoms with van der Waals surface area (Å²) in [4.78, 5) is 9.82. The number of likely N-dealkylation sites (N-methyl/N-ethyl adjacent to an activating group) is 1. The van der Waals surface area contributed by atoms with Crippen LogP contribution in [0.15, 0.2) is 18.2 Å². The Morgan fingerprint density at radius 3 is 2.50 bits per heavy atom. The van der Waals surface area contributed by atoms with E-state index in [1.54, 1.807) is 0 Å². The van der Waals surface area contributed by atoms with E-state index in [0.29, 0.717) is 0 Å². The Balaban J connectivity index is 1.50. The summed E-state index contributed by atoms with van der Waals surface area (Å²) in [7, 11) is 0. The molecule has 1 aliphatic heterocycles. The Kier molecular flexibility index (Phi) is 4.65. The summed E-state index contributed by atoms with van der Waals surface area (Å²) in [5.74, 6) is 0. The average Bonchev–Trinajstić information content (AvgIpc) is 3.31. The monoisotopic (exact) mass is 274 g/mol. The lowest BCUT2D eigenvalue weighted by atomic mass is 10.2. The van der Waals surface area contributed by atoms with Crippen LogP contribution in [-0.4, -0.2) is 53.5 Å². The molecule has 4 heteroatoms. The Morgan fingerprint density at radius 2 is 1.80 bits per heavy atom. The summed E-state index contributed by atoms with van der Waals surface area (Å²) in [6.07, 6.45) is 2.67. The van der Waals surface area contributed by atoms with Gasteiger partial charge in [-0.2, -0.15) is 0 Å². The molecule has 1 aromatic heterocycles. The van der Waals surface area contributed by atoms with E-state index in [1.807, 2.05) is 0 Å². The lowest BCUT2D eigenvalue weighted by Crippen LogP contribution is -2.45. The number of rotatable bonds is 6. The van der Waals surface area contributed by atoms with E-state index < -0.39 is 0 Å². The van der Waals surface area contributed by atoms with Crippen molar-refractivity contribution in [1.29, 1.82) is 0 Å².